The van der Waals surface area contributed by atoms with Crippen LogP contribution in [0.2, 0.25) is 0 Å². The molecule has 0 atom stereocenters. The molecule has 0 radical (unpaired) electrons. The van der Waals surface area contributed by atoms with Crippen LogP contribution in [-0.2, 0) is 0 Å². The van der Waals surface area contributed by atoms with Gasteiger partial charge in [0, 0.05) is 0 Å². The number of nitrogens with zero attached hydrogens (tertiary/aromatic N) is 1. The van der Waals surface area contributed by atoms with Crippen molar-refractivity contribution < 1.29 is 0 Å². The van der Waals surface area contributed by atoms with Crippen LogP contribution >= 0.6 is 0 Å². The first kappa shape index (κ1) is 8.28. The molecule has 0 amide bonds. The van der Waals surface area contributed by atoms with E-state index in [2.05, 4.69) is 27.0 Å². The molecule has 0 aliphatic heterocycles. The topological polar surface area (TPSA) is 12.4 Å². The first-order valence-electron chi connectivity index (χ1n) is 3.57. The minimum absolute atomic E-state index is 0.538. The van der Waals surface area contributed by atoms with E-state index in [4.69, 9.17) is 0 Å². The molecule has 0 bridgehead atoms. The Morgan fingerprint density at radius 1 is 0.917 bits per heavy atom. The van der Waals surface area contributed by atoms with Gasteiger partial charge in [-0.25, -0.2) is 0 Å². The van der Waals surface area contributed by atoms with Crippen LogP contribution in [0.15, 0.2) is 45.2 Å². The van der Waals surface area contributed by atoms with Crippen LogP contribution in [0.25, 0.3) is 0 Å². The van der Waals surface area contributed by atoms with Gasteiger partial charge in [-0.1, -0.05) is 0 Å². The summed E-state index contributed by atoms with van der Waals surface area (Å²) in [6, 6.07) is 10.2. The summed E-state index contributed by atoms with van der Waals surface area (Å²) in [5.74, 6) is 0. The van der Waals surface area contributed by atoms with E-state index in [-0.39, 0.29) is 0 Å². The summed E-state index contributed by atoms with van der Waals surface area (Å²) in [6.45, 7) is 0. The Kier molecular flexibility index (Phi) is 2.80. The molecule has 1 aromatic heterocycles. The summed E-state index contributed by atoms with van der Waals surface area (Å²) in [7, 11) is 0. The Hall–Kier alpha value is -0.331. The van der Waals surface area contributed by atoms with Crippen molar-refractivity contribution in [2.45, 2.75) is 0 Å². The van der Waals surface area contributed by atoms with Crippen molar-refractivity contribution in [2.24, 2.45) is 4.99 Å². The van der Waals surface area contributed by atoms with Crippen molar-refractivity contribution in [2.75, 3.05) is 0 Å². The van der Waals surface area contributed by atoms with E-state index in [9.17, 15) is 0 Å². The second kappa shape index (κ2) is 4.06. The molecule has 0 fully saturated rings. The summed E-state index contributed by atoms with van der Waals surface area (Å²) in [6.07, 6.45) is 0. The van der Waals surface area contributed by atoms with Gasteiger partial charge >= 0.3 is 83.0 Å². The average molecular weight is 287 g/mol. The molecule has 0 aliphatic carbocycles. The van der Waals surface area contributed by atoms with Crippen LogP contribution < -0.4 is 3.11 Å². The van der Waals surface area contributed by atoms with Gasteiger partial charge in [0.15, 0.2) is 0 Å². The minimum atomic E-state index is 0.538. The summed E-state index contributed by atoms with van der Waals surface area (Å²) in [5, 5.41) is 0. The van der Waals surface area contributed by atoms with Crippen molar-refractivity contribution in [1.82, 2.24) is 0 Å². The molecule has 0 unspecified atom stereocenters. The molecule has 60 valence electrons. The summed E-state index contributed by atoms with van der Waals surface area (Å²) in [5.41, 5.74) is 1.10. The molecule has 1 aromatic carbocycles. The van der Waals surface area contributed by atoms with E-state index >= 15 is 0 Å². The molecule has 12 heavy (non-hydrogen) atoms. The van der Waals surface area contributed by atoms with Crippen molar-refractivity contribution >= 4 is 34.7 Å². The van der Waals surface area contributed by atoms with Gasteiger partial charge in [0.05, 0.1) is 0 Å². The molecule has 0 spiro atoms. The number of rotatable bonds is 1. The quantitative estimate of drug-likeness (QED) is 0.695. The van der Waals surface area contributed by atoms with E-state index in [1.165, 1.54) is 3.11 Å². The molecule has 1 heterocycles. The SMILES string of the molecule is c1ccc(N=c2[se]cc[se]2)cc1. The monoisotopic (exact) mass is 289 g/mol. The van der Waals surface area contributed by atoms with Gasteiger partial charge in [-0.15, -0.1) is 0 Å². The predicted molar refractivity (Wildman–Crippen MR) is 52.0 cm³/mol. The third-order valence-electron chi connectivity index (χ3n) is 1.37. The standard InChI is InChI=1S/C9H7NSe2/c1-2-4-8(5-3-1)10-9-11-6-7-12-9/h1-7H. The van der Waals surface area contributed by atoms with Gasteiger partial charge in [-0.2, -0.15) is 0 Å². The third kappa shape index (κ3) is 2.08. The van der Waals surface area contributed by atoms with E-state index in [1.807, 2.05) is 18.2 Å². The predicted octanol–water partition coefficient (Wildman–Crippen LogP) is 1.03. The number of para-hydroxylation sites is 1. The molecule has 0 aliphatic rings. The number of hydrogen-bond acceptors (Lipinski definition) is 1. The maximum atomic E-state index is 4.57. The molecule has 2 rings (SSSR count). The van der Waals surface area contributed by atoms with Crippen molar-refractivity contribution in [3.8, 4) is 0 Å². The molecule has 0 saturated heterocycles. The van der Waals surface area contributed by atoms with Crippen LogP contribution in [0, 0.1) is 0 Å². The fraction of sp³-hybridized carbons (Fsp3) is 0. The zero-order valence-corrected chi connectivity index (χ0v) is 9.73. The van der Waals surface area contributed by atoms with Crippen molar-refractivity contribution in [3.05, 3.63) is 43.3 Å². The Balaban J connectivity index is 2.42. The normalized spacial score (nSPS) is 9.67. The number of benzene rings is 1. The van der Waals surface area contributed by atoms with Crippen LogP contribution in [0.3, 0.4) is 0 Å². The van der Waals surface area contributed by atoms with Crippen LogP contribution in [0.4, 0.5) is 5.69 Å². The average Bonchev–Trinajstić information content (AvgIpc) is 2.59. The molecule has 3 heteroatoms. The van der Waals surface area contributed by atoms with Crippen molar-refractivity contribution in [3.63, 3.8) is 0 Å². The summed E-state index contributed by atoms with van der Waals surface area (Å²) in [4.78, 5) is 9.09. The number of hydrogen-bond donors (Lipinski definition) is 0. The van der Waals surface area contributed by atoms with Crippen LogP contribution in [0.5, 0.6) is 0 Å². The van der Waals surface area contributed by atoms with Gasteiger partial charge in [-0.3, -0.25) is 0 Å². The maximum absolute atomic E-state index is 4.57. The first-order valence-corrected chi connectivity index (χ1v) is 7.26. The van der Waals surface area contributed by atoms with Crippen molar-refractivity contribution in [1.29, 1.82) is 0 Å². The first-order chi connectivity index (χ1) is 5.95. The molecular formula is C9H7NSe2. The Bertz CT molecular complexity index is 383. The van der Waals surface area contributed by atoms with Gasteiger partial charge in [0.25, 0.3) is 0 Å². The summed E-state index contributed by atoms with van der Waals surface area (Å²) < 4.78 is 1.39. The molecule has 0 N–H and O–H groups in total. The van der Waals surface area contributed by atoms with E-state index in [1.54, 1.807) is 0 Å². The van der Waals surface area contributed by atoms with Crippen LogP contribution in [0.1, 0.15) is 0 Å². The van der Waals surface area contributed by atoms with E-state index < -0.39 is 0 Å². The Labute approximate surface area is 82.9 Å². The van der Waals surface area contributed by atoms with E-state index in [0.717, 1.165) is 5.69 Å². The second-order valence-electron chi connectivity index (χ2n) is 2.22. The second-order valence-corrected chi connectivity index (χ2v) is 7.28. The fourth-order valence-corrected chi connectivity index (χ4v) is 5.39. The van der Waals surface area contributed by atoms with Crippen LogP contribution in [-0.4, -0.2) is 29.0 Å². The Morgan fingerprint density at radius 3 is 2.25 bits per heavy atom. The zero-order chi connectivity index (χ0) is 8.23. The van der Waals surface area contributed by atoms with Gasteiger partial charge in [0.2, 0.25) is 0 Å². The Morgan fingerprint density at radius 2 is 1.58 bits per heavy atom. The fourth-order valence-electron chi connectivity index (χ4n) is 0.860. The summed E-state index contributed by atoms with van der Waals surface area (Å²) >= 11 is 1.08. The van der Waals surface area contributed by atoms with Gasteiger partial charge < -0.3 is 0 Å². The van der Waals surface area contributed by atoms with E-state index in [0.29, 0.717) is 29.0 Å². The van der Waals surface area contributed by atoms with Gasteiger partial charge in [0.1, 0.15) is 0 Å². The molecule has 0 saturated carbocycles. The van der Waals surface area contributed by atoms with Gasteiger partial charge in [-0.05, 0) is 0 Å². The molecule has 1 nitrogen and oxygen atoms in total. The zero-order valence-electron chi connectivity index (χ0n) is 6.31. The molecule has 2 aromatic rings. The third-order valence-corrected chi connectivity index (χ3v) is 6.71. The molecular weight excluding hydrogens is 280 g/mol.